The van der Waals surface area contributed by atoms with Gasteiger partial charge in [0, 0.05) is 22.6 Å². The van der Waals surface area contributed by atoms with Crippen molar-refractivity contribution in [2.24, 2.45) is 0 Å². The van der Waals surface area contributed by atoms with Crippen molar-refractivity contribution in [2.75, 3.05) is 11.9 Å². The molecule has 0 bridgehead atoms. The van der Waals surface area contributed by atoms with Gasteiger partial charge < -0.3 is 5.32 Å². The fourth-order valence-corrected chi connectivity index (χ4v) is 3.69. The highest BCUT2D eigenvalue weighted by Gasteiger charge is 2.20. The highest BCUT2D eigenvalue weighted by molar-refractivity contribution is 9.10. The second-order valence-corrected chi connectivity index (χ2v) is 7.20. The van der Waals surface area contributed by atoms with Crippen LogP contribution in [0.5, 0.6) is 0 Å². The summed E-state index contributed by atoms with van der Waals surface area (Å²) in [5.41, 5.74) is 2.35. The Labute approximate surface area is 129 Å². The molecule has 2 aromatic heterocycles. The van der Waals surface area contributed by atoms with E-state index < -0.39 is 10.0 Å². The first-order chi connectivity index (χ1) is 9.53. The van der Waals surface area contributed by atoms with Crippen molar-refractivity contribution < 1.29 is 8.42 Å². The number of nitrogens with one attached hydrogen (secondary N) is 2. The lowest BCUT2D eigenvalue weighted by molar-refractivity contribution is 0.580. The van der Waals surface area contributed by atoms with Gasteiger partial charge in [-0.1, -0.05) is 0 Å². The summed E-state index contributed by atoms with van der Waals surface area (Å²) >= 11 is 4.66. The van der Waals surface area contributed by atoms with Gasteiger partial charge in [0.2, 0.25) is 10.0 Å². The summed E-state index contributed by atoms with van der Waals surface area (Å²) in [5, 5.41) is 4.74. The number of aromatic nitrogens is 2. The Morgan fingerprint density at radius 1 is 1.40 bits per heavy atom. The van der Waals surface area contributed by atoms with Crippen LogP contribution in [0.2, 0.25) is 0 Å². The topological polar surface area (TPSA) is 84.0 Å². The number of nitrogens with zero attached hydrogens (tertiary/aromatic N) is 2. The van der Waals surface area contributed by atoms with E-state index in [1.807, 2.05) is 6.92 Å². The standard InChI is InChI=1S/C11H13BrN4O2S2/c1-2-13-11-10(3-8(12)4-14-11)20(17,18)16-5-9-6-19-7-15-9/h3-4,6-7,16H,2,5H2,1H3,(H,13,14). The molecule has 0 aliphatic carbocycles. The minimum absolute atomic E-state index is 0.115. The molecule has 2 heterocycles. The van der Waals surface area contributed by atoms with Crippen molar-refractivity contribution in [1.82, 2.24) is 14.7 Å². The maximum atomic E-state index is 12.3. The lowest BCUT2D eigenvalue weighted by Crippen LogP contribution is -2.24. The number of hydrogen-bond acceptors (Lipinski definition) is 6. The zero-order valence-electron chi connectivity index (χ0n) is 10.6. The van der Waals surface area contributed by atoms with Gasteiger partial charge in [0.25, 0.3) is 0 Å². The van der Waals surface area contributed by atoms with Crippen LogP contribution in [-0.2, 0) is 16.6 Å². The summed E-state index contributed by atoms with van der Waals surface area (Å²) in [4.78, 5) is 8.24. The van der Waals surface area contributed by atoms with Crippen molar-refractivity contribution in [3.8, 4) is 0 Å². The summed E-state index contributed by atoms with van der Waals surface area (Å²) < 4.78 is 27.8. The summed E-state index contributed by atoms with van der Waals surface area (Å²) in [6.45, 7) is 2.62. The Hall–Kier alpha value is -1.03. The van der Waals surface area contributed by atoms with Gasteiger partial charge in [0.15, 0.2) is 0 Å². The van der Waals surface area contributed by atoms with E-state index >= 15 is 0 Å². The van der Waals surface area contributed by atoms with Crippen LogP contribution in [0.1, 0.15) is 12.6 Å². The van der Waals surface area contributed by atoms with E-state index in [-0.39, 0.29) is 11.4 Å². The molecule has 0 aliphatic heterocycles. The summed E-state index contributed by atoms with van der Waals surface area (Å²) in [6, 6.07) is 1.52. The van der Waals surface area contributed by atoms with Gasteiger partial charge in [-0.25, -0.2) is 23.1 Å². The molecule has 2 N–H and O–H groups in total. The van der Waals surface area contributed by atoms with Crippen LogP contribution in [0.15, 0.2) is 32.5 Å². The first-order valence-electron chi connectivity index (χ1n) is 5.79. The summed E-state index contributed by atoms with van der Waals surface area (Å²) in [6.07, 6.45) is 1.55. The normalized spacial score (nSPS) is 11.5. The third kappa shape index (κ3) is 3.75. The van der Waals surface area contributed by atoms with Gasteiger partial charge in [-0.2, -0.15) is 0 Å². The van der Waals surface area contributed by atoms with Gasteiger partial charge >= 0.3 is 0 Å². The molecule has 0 atom stereocenters. The second-order valence-electron chi connectivity index (χ2n) is 3.83. The SMILES string of the molecule is CCNc1ncc(Br)cc1S(=O)(=O)NCc1cscn1. The van der Waals surface area contributed by atoms with E-state index in [1.54, 1.807) is 17.1 Å². The number of sulfonamides is 1. The molecule has 0 saturated heterocycles. The van der Waals surface area contributed by atoms with Gasteiger partial charge in [0.05, 0.1) is 17.7 Å². The molecule has 2 rings (SSSR count). The van der Waals surface area contributed by atoms with Crippen molar-refractivity contribution >= 4 is 43.1 Å². The van der Waals surface area contributed by atoms with E-state index in [9.17, 15) is 8.42 Å². The number of anilines is 1. The van der Waals surface area contributed by atoms with E-state index in [2.05, 4.69) is 35.9 Å². The summed E-state index contributed by atoms with van der Waals surface area (Å²) in [5.74, 6) is 0.335. The molecule has 0 aromatic carbocycles. The molecule has 0 saturated carbocycles. The molecule has 2 aromatic rings. The third-order valence-electron chi connectivity index (χ3n) is 2.38. The lowest BCUT2D eigenvalue weighted by Gasteiger charge is -2.11. The first kappa shape index (κ1) is 15.4. The Kier molecular flexibility index (Phi) is 5.08. The molecule has 0 radical (unpaired) electrons. The largest absolute Gasteiger partial charge is 0.369 e. The lowest BCUT2D eigenvalue weighted by atomic mass is 10.4. The Balaban J connectivity index is 2.26. The predicted molar refractivity (Wildman–Crippen MR) is 82.2 cm³/mol. The molecule has 9 heteroatoms. The van der Waals surface area contributed by atoms with Crippen molar-refractivity contribution in [2.45, 2.75) is 18.4 Å². The highest BCUT2D eigenvalue weighted by Crippen LogP contribution is 2.22. The number of hydrogen-bond donors (Lipinski definition) is 2. The molecule has 20 heavy (non-hydrogen) atoms. The molecular weight excluding hydrogens is 364 g/mol. The number of halogens is 1. The zero-order chi connectivity index (χ0) is 14.6. The maximum Gasteiger partial charge on any atom is 0.244 e. The number of pyridine rings is 1. The van der Waals surface area contributed by atoms with Crippen molar-refractivity contribution in [3.63, 3.8) is 0 Å². The molecule has 0 spiro atoms. The zero-order valence-corrected chi connectivity index (χ0v) is 13.8. The van der Waals surface area contributed by atoms with Gasteiger partial charge in [-0.3, -0.25) is 0 Å². The second kappa shape index (κ2) is 6.61. The smallest absolute Gasteiger partial charge is 0.244 e. The fourth-order valence-electron chi connectivity index (χ4n) is 1.50. The van der Waals surface area contributed by atoms with E-state index in [1.165, 1.54) is 17.4 Å². The van der Waals surface area contributed by atoms with Crippen molar-refractivity contribution in [3.05, 3.63) is 33.3 Å². The molecule has 0 aliphatic rings. The Morgan fingerprint density at radius 2 is 2.20 bits per heavy atom. The minimum atomic E-state index is -3.65. The first-order valence-corrected chi connectivity index (χ1v) is 9.01. The number of thiazole rings is 1. The quantitative estimate of drug-likeness (QED) is 0.807. The van der Waals surface area contributed by atoms with Gasteiger partial charge in [-0.05, 0) is 28.9 Å². The summed E-state index contributed by atoms with van der Waals surface area (Å²) in [7, 11) is -3.65. The van der Waals surface area contributed by atoms with Crippen molar-refractivity contribution in [1.29, 1.82) is 0 Å². The molecule has 108 valence electrons. The van der Waals surface area contributed by atoms with Crippen LogP contribution < -0.4 is 10.0 Å². The molecule has 0 fully saturated rings. The van der Waals surface area contributed by atoms with Crippen LogP contribution in [0.3, 0.4) is 0 Å². The molecule has 6 nitrogen and oxygen atoms in total. The van der Waals surface area contributed by atoms with Crippen LogP contribution >= 0.6 is 27.3 Å². The maximum absolute atomic E-state index is 12.3. The Bertz CT molecular complexity index is 674. The fraction of sp³-hybridized carbons (Fsp3) is 0.273. The predicted octanol–water partition coefficient (Wildman–Crippen LogP) is 2.21. The molecule has 0 unspecified atom stereocenters. The minimum Gasteiger partial charge on any atom is -0.369 e. The average Bonchev–Trinajstić information content (AvgIpc) is 2.92. The molecule has 0 amide bonds. The van der Waals surface area contributed by atoms with Crippen LogP contribution in [0, 0.1) is 0 Å². The van der Waals surface area contributed by atoms with Crippen LogP contribution in [-0.4, -0.2) is 24.9 Å². The number of rotatable bonds is 6. The monoisotopic (exact) mass is 376 g/mol. The van der Waals surface area contributed by atoms with E-state index in [0.29, 0.717) is 22.5 Å². The van der Waals surface area contributed by atoms with Crippen LogP contribution in [0.4, 0.5) is 5.82 Å². The van der Waals surface area contributed by atoms with Crippen LogP contribution in [0.25, 0.3) is 0 Å². The van der Waals surface area contributed by atoms with E-state index in [0.717, 1.165) is 0 Å². The molecular formula is C11H13BrN4O2S2. The van der Waals surface area contributed by atoms with E-state index in [4.69, 9.17) is 0 Å². The third-order valence-corrected chi connectivity index (χ3v) is 4.86. The van der Waals surface area contributed by atoms with Gasteiger partial charge in [0.1, 0.15) is 10.7 Å². The average molecular weight is 377 g/mol. The highest BCUT2D eigenvalue weighted by atomic mass is 79.9. The Morgan fingerprint density at radius 3 is 2.85 bits per heavy atom. The van der Waals surface area contributed by atoms with Gasteiger partial charge in [-0.15, -0.1) is 11.3 Å².